The number of nitrogens with one attached hydrogen (secondary N) is 1. The lowest BCUT2D eigenvalue weighted by Crippen LogP contribution is -2.28. The van der Waals surface area contributed by atoms with Crippen molar-refractivity contribution in [3.8, 4) is 0 Å². The number of esters is 1. The third-order valence-electron chi connectivity index (χ3n) is 4.58. The first-order chi connectivity index (χ1) is 14.4. The van der Waals surface area contributed by atoms with E-state index >= 15 is 0 Å². The summed E-state index contributed by atoms with van der Waals surface area (Å²) in [7, 11) is 0. The highest BCUT2D eigenvalue weighted by atomic mass is 32.2. The van der Waals surface area contributed by atoms with Crippen LogP contribution in [0.5, 0.6) is 0 Å². The van der Waals surface area contributed by atoms with Gasteiger partial charge in [0.25, 0.3) is 0 Å². The van der Waals surface area contributed by atoms with Crippen molar-refractivity contribution in [3.05, 3.63) is 32.3 Å². The van der Waals surface area contributed by atoms with Crippen molar-refractivity contribution < 1.29 is 19.4 Å². The Morgan fingerprint density at radius 1 is 1.33 bits per heavy atom. The number of thioether (sulfide) groups is 1. The highest BCUT2D eigenvalue weighted by Gasteiger charge is 2.23. The number of carbonyl (C=O) groups excluding carboxylic acids is 2. The van der Waals surface area contributed by atoms with Crippen LogP contribution >= 0.6 is 23.1 Å². The van der Waals surface area contributed by atoms with E-state index < -0.39 is 5.97 Å². The van der Waals surface area contributed by atoms with Crippen molar-refractivity contribution in [3.63, 3.8) is 0 Å². The molecule has 30 heavy (non-hydrogen) atoms. The van der Waals surface area contributed by atoms with Crippen LogP contribution in [0.1, 0.15) is 46.4 Å². The number of hydrogen-bond acceptors (Lipinski definition) is 9. The highest BCUT2D eigenvalue weighted by Crippen LogP contribution is 2.30. The number of rotatable bonds is 9. The van der Waals surface area contributed by atoms with Gasteiger partial charge in [-0.05, 0) is 39.5 Å². The fourth-order valence-corrected chi connectivity index (χ4v) is 5.04. The Morgan fingerprint density at radius 2 is 2.13 bits per heavy atom. The van der Waals surface area contributed by atoms with E-state index in [2.05, 4.69) is 15.3 Å². The Kier molecular flexibility index (Phi) is 7.62. The van der Waals surface area contributed by atoms with Crippen LogP contribution in [0, 0.1) is 6.92 Å². The second kappa shape index (κ2) is 10.2. The van der Waals surface area contributed by atoms with E-state index in [1.165, 1.54) is 11.8 Å². The summed E-state index contributed by atoms with van der Waals surface area (Å²) >= 11 is 2.30. The van der Waals surface area contributed by atoms with Crippen LogP contribution in [0.15, 0.2) is 9.82 Å². The Labute approximate surface area is 181 Å². The molecule has 0 saturated heterocycles. The molecule has 162 valence electrons. The summed E-state index contributed by atoms with van der Waals surface area (Å²) in [6, 6.07) is 0. The lowest BCUT2D eigenvalue weighted by molar-refractivity contribution is -0.113. The summed E-state index contributed by atoms with van der Waals surface area (Å²) < 4.78 is 6.62. The number of fused-ring (bicyclic) bond motifs is 1. The van der Waals surface area contributed by atoms with Crippen molar-refractivity contribution in [2.75, 3.05) is 24.3 Å². The van der Waals surface area contributed by atoms with Gasteiger partial charge in [-0.3, -0.25) is 9.36 Å². The lowest BCUT2D eigenvalue weighted by Gasteiger charge is -2.13. The fourth-order valence-electron chi connectivity index (χ4n) is 3.29. The number of aliphatic hydroxyl groups is 1. The molecule has 0 radical (unpaired) electrons. The van der Waals surface area contributed by atoms with Crippen LogP contribution in [-0.2, 0) is 28.9 Å². The molecule has 3 rings (SSSR count). The van der Waals surface area contributed by atoms with Gasteiger partial charge in [-0.2, -0.15) is 4.98 Å². The smallest absolute Gasteiger partial charge is 0.350 e. The van der Waals surface area contributed by atoms with Crippen molar-refractivity contribution in [2.24, 2.45) is 0 Å². The third-order valence-corrected chi connectivity index (χ3v) is 6.65. The van der Waals surface area contributed by atoms with Crippen LogP contribution < -0.4 is 11.0 Å². The predicted octanol–water partition coefficient (Wildman–Crippen LogP) is 1.79. The number of ether oxygens (including phenoxy) is 1. The topological polar surface area (TPSA) is 123 Å². The van der Waals surface area contributed by atoms with E-state index in [4.69, 9.17) is 9.84 Å². The first-order valence-electron chi connectivity index (χ1n) is 9.75. The van der Waals surface area contributed by atoms with E-state index in [-0.39, 0.29) is 30.6 Å². The van der Waals surface area contributed by atoms with E-state index in [1.807, 2.05) is 0 Å². The van der Waals surface area contributed by atoms with Gasteiger partial charge in [0.2, 0.25) is 5.91 Å². The van der Waals surface area contributed by atoms with Gasteiger partial charge in [-0.15, -0.1) is 0 Å². The molecule has 9 nitrogen and oxygen atoms in total. The predicted molar refractivity (Wildman–Crippen MR) is 114 cm³/mol. The van der Waals surface area contributed by atoms with Crippen LogP contribution in [-0.4, -0.2) is 50.5 Å². The number of aliphatic hydroxyl groups excluding tert-OH is 1. The maximum atomic E-state index is 12.4. The summed E-state index contributed by atoms with van der Waals surface area (Å²) in [4.78, 5) is 45.4. The van der Waals surface area contributed by atoms with Gasteiger partial charge in [0.15, 0.2) is 5.13 Å². The maximum Gasteiger partial charge on any atom is 0.350 e. The molecule has 2 aromatic heterocycles. The van der Waals surface area contributed by atoms with Gasteiger partial charge in [-0.25, -0.2) is 14.6 Å². The average molecular weight is 453 g/mol. The van der Waals surface area contributed by atoms with Gasteiger partial charge in [-0.1, -0.05) is 23.1 Å². The quantitative estimate of drug-likeness (QED) is 0.335. The largest absolute Gasteiger partial charge is 0.462 e. The average Bonchev–Trinajstić information content (AvgIpc) is 3.32. The number of aryl methyl sites for hydroxylation is 1. The molecule has 2 N–H and O–H groups in total. The monoisotopic (exact) mass is 452 g/mol. The Morgan fingerprint density at radius 3 is 2.87 bits per heavy atom. The number of carbonyl (C=O) groups is 2. The van der Waals surface area contributed by atoms with Gasteiger partial charge in [0, 0.05) is 24.4 Å². The number of nitrogens with zero attached hydrogens (tertiary/aromatic N) is 3. The molecule has 0 spiro atoms. The zero-order valence-corrected chi connectivity index (χ0v) is 18.5. The summed E-state index contributed by atoms with van der Waals surface area (Å²) in [5.74, 6) is -0.668. The van der Waals surface area contributed by atoms with Gasteiger partial charge >= 0.3 is 11.7 Å². The lowest BCUT2D eigenvalue weighted by atomic mass is 10.2. The highest BCUT2D eigenvalue weighted by molar-refractivity contribution is 8.00. The van der Waals surface area contributed by atoms with Gasteiger partial charge in [0.05, 0.1) is 18.1 Å². The number of anilines is 1. The van der Waals surface area contributed by atoms with Gasteiger partial charge in [0.1, 0.15) is 9.90 Å². The minimum Gasteiger partial charge on any atom is -0.462 e. The molecule has 0 aromatic carbocycles. The maximum absolute atomic E-state index is 12.4. The zero-order chi connectivity index (χ0) is 21.7. The van der Waals surface area contributed by atoms with Crippen LogP contribution in [0.25, 0.3) is 0 Å². The van der Waals surface area contributed by atoms with E-state index in [9.17, 15) is 14.4 Å². The standard InChI is InChI=1S/C19H24N4O5S2/c1-3-28-17(26)15-11(2)20-18(30-15)21-14(25)10-29-16-12-6-4-7-13(12)23(8-5-9-24)19(27)22-16/h24H,3-10H2,1-2H3,(H,20,21,25). The molecule has 0 aliphatic heterocycles. The fraction of sp³-hybridized carbons (Fsp3) is 0.526. The molecular formula is C19H24N4O5S2. The van der Waals surface area contributed by atoms with E-state index in [0.717, 1.165) is 41.9 Å². The first kappa shape index (κ1) is 22.4. The van der Waals surface area contributed by atoms with E-state index in [1.54, 1.807) is 18.4 Å². The van der Waals surface area contributed by atoms with E-state index in [0.29, 0.717) is 33.7 Å². The van der Waals surface area contributed by atoms with Crippen molar-refractivity contribution >= 4 is 40.1 Å². The Hall–Kier alpha value is -2.24. The normalized spacial score (nSPS) is 12.6. The minimum atomic E-state index is -0.455. The summed E-state index contributed by atoms with van der Waals surface area (Å²) in [5.41, 5.74) is 2.13. The first-order valence-corrected chi connectivity index (χ1v) is 11.6. The minimum absolute atomic E-state index is 0.0198. The molecular weight excluding hydrogens is 428 g/mol. The van der Waals surface area contributed by atoms with Gasteiger partial charge < -0.3 is 15.2 Å². The summed E-state index contributed by atoms with van der Waals surface area (Å²) in [6.45, 7) is 4.15. The molecule has 2 heterocycles. The SMILES string of the molecule is CCOC(=O)c1sc(NC(=O)CSc2nc(=O)n(CCCO)c3c2CCC3)nc1C. The Balaban J connectivity index is 1.66. The molecule has 2 aromatic rings. The number of amides is 1. The molecule has 0 atom stereocenters. The van der Waals surface area contributed by atoms with Crippen LogP contribution in [0.3, 0.4) is 0 Å². The van der Waals surface area contributed by atoms with Crippen LogP contribution in [0.4, 0.5) is 5.13 Å². The van der Waals surface area contributed by atoms with Crippen molar-refractivity contribution in [2.45, 2.75) is 51.1 Å². The summed E-state index contributed by atoms with van der Waals surface area (Å²) in [5, 5.41) is 12.7. The number of aromatic nitrogens is 3. The number of thiazole rings is 1. The van der Waals surface area contributed by atoms with Crippen molar-refractivity contribution in [1.29, 1.82) is 0 Å². The molecule has 0 bridgehead atoms. The third kappa shape index (κ3) is 5.08. The second-order valence-corrected chi connectivity index (χ2v) is 8.66. The summed E-state index contributed by atoms with van der Waals surface area (Å²) in [6.07, 6.45) is 3.06. The molecule has 11 heteroatoms. The molecule has 1 aliphatic carbocycles. The molecule has 1 aliphatic rings. The molecule has 0 saturated carbocycles. The number of hydrogen-bond donors (Lipinski definition) is 2. The zero-order valence-electron chi connectivity index (χ0n) is 16.9. The molecule has 0 unspecified atom stereocenters. The van der Waals surface area contributed by atoms with Crippen molar-refractivity contribution in [1.82, 2.24) is 14.5 Å². The van der Waals surface area contributed by atoms with Crippen LogP contribution in [0.2, 0.25) is 0 Å². The molecule has 0 fully saturated rings. The second-order valence-electron chi connectivity index (χ2n) is 6.70. The molecule has 1 amide bonds. The Bertz CT molecular complexity index is 1000.